The van der Waals surface area contributed by atoms with Gasteiger partial charge in [-0.3, -0.25) is 19.7 Å². The van der Waals surface area contributed by atoms with E-state index in [-0.39, 0.29) is 29.9 Å². The summed E-state index contributed by atoms with van der Waals surface area (Å²) in [6, 6.07) is 9.64. The number of nitro benzene ring substituents is 1. The van der Waals surface area contributed by atoms with Crippen LogP contribution in [-0.2, 0) is 11.3 Å². The number of hydrogen-bond donors (Lipinski definition) is 1. The summed E-state index contributed by atoms with van der Waals surface area (Å²) in [5.41, 5.74) is 1.44. The van der Waals surface area contributed by atoms with Gasteiger partial charge in [-0.1, -0.05) is 12.1 Å². The lowest BCUT2D eigenvalue weighted by atomic mass is 10.1. The van der Waals surface area contributed by atoms with Gasteiger partial charge < -0.3 is 19.7 Å². The van der Waals surface area contributed by atoms with E-state index in [0.29, 0.717) is 23.6 Å². The number of amides is 2. The SMILES string of the molecule is CNC(=O)c1ccc(CN(C)C(=O)/C=C/c2cc3c(cc2[N+](=O)[O-])OCO3)cc1. The van der Waals surface area contributed by atoms with Crippen molar-refractivity contribution in [2.75, 3.05) is 20.9 Å². The van der Waals surface area contributed by atoms with Crippen molar-refractivity contribution in [3.63, 3.8) is 0 Å². The standard InChI is InChI=1S/C20H19N3O6/c1-21-20(25)14-5-3-13(4-6-14)11-22(2)19(24)8-7-15-9-17-18(29-12-28-17)10-16(15)23(26)27/h3-10H,11-12H2,1-2H3,(H,21,25)/b8-7+. The Labute approximate surface area is 166 Å². The van der Waals surface area contributed by atoms with Crippen molar-refractivity contribution < 1.29 is 24.0 Å². The van der Waals surface area contributed by atoms with Crippen LogP contribution in [0.4, 0.5) is 5.69 Å². The average molecular weight is 397 g/mol. The van der Waals surface area contributed by atoms with E-state index in [0.717, 1.165) is 5.56 Å². The number of nitrogens with one attached hydrogen (secondary N) is 1. The fraction of sp³-hybridized carbons (Fsp3) is 0.200. The van der Waals surface area contributed by atoms with Crippen LogP contribution in [0.15, 0.2) is 42.5 Å². The zero-order chi connectivity index (χ0) is 21.0. The van der Waals surface area contributed by atoms with Crippen LogP contribution in [0.2, 0.25) is 0 Å². The number of nitrogens with zero attached hydrogens (tertiary/aromatic N) is 2. The first-order chi connectivity index (χ1) is 13.9. The van der Waals surface area contributed by atoms with Gasteiger partial charge >= 0.3 is 0 Å². The lowest BCUT2D eigenvalue weighted by Crippen LogP contribution is -2.24. The Morgan fingerprint density at radius 3 is 2.48 bits per heavy atom. The Bertz CT molecular complexity index is 984. The molecule has 0 aliphatic carbocycles. The second kappa shape index (κ2) is 8.42. The minimum Gasteiger partial charge on any atom is -0.454 e. The van der Waals surface area contributed by atoms with Gasteiger partial charge in [-0.25, -0.2) is 0 Å². The number of rotatable bonds is 6. The third kappa shape index (κ3) is 4.52. The molecule has 2 aromatic carbocycles. The van der Waals surface area contributed by atoms with E-state index in [2.05, 4.69) is 5.32 Å². The molecule has 9 heteroatoms. The number of nitro groups is 1. The third-order valence-corrected chi connectivity index (χ3v) is 4.36. The van der Waals surface area contributed by atoms with Crippen LogP contribution < -0.4 is 14.8 Å². The molecule has 29 heavy (non-hydrogen) atoms. The van der Waals surface area contributed by atoms with E-state index in [4.69, 9.17) is 9.47 Å². The zero-order valence-corrected chi connectivity index (χ0v) is 15.9. The highest BCUT2D eigenvalue weighted by Gasteiger charge is 2.22. The monoisotopic (exact) mass is 397 g/mol. The first-order valence-corrected chi connectivity index (χ1v) is 8.71. The van der Waals surface area contributed by atoms with Crippen LogP contribution >= 0.6 is 0 Å². The maximum atomic E-state index is 12.4. The maximum absolute atomic E-state index is 12.4. The molecule has 0 saturated heterocycles. The molecule has 1 aliphatic heterocycles. The summed E-state index contributed by atoms with van der Waals surface area (Å²) in [5, 5.41) is 13.8. The van der Waals surface area contributed by atoms with Crippen molar-refractivity contribution in [1.29, 1.82) is 0 Å². The molecule has 2 amide bonds. The summed E-state index contributed by atoms with van der Waals surface area (Å²) in [7, 11) is 3.17. The number of benzene rings is 2. The number of carbonyl (C=O) groups is 2. The predicted octanol–water partition coefficient (Wildman–Crippen LogP) is 2.35. The van der Waals surface area contributed by atoms with Crippen molar-refractivity contribution in [3.05, 3.63) is 69.3 Å². The predicted molar refractivity (Wildman–Crippen MR) is 105 cm³/mol. The van der Waals surface area contributed by atoms with Crippen LogP contribution in [-0.4, -0.2) is 42.5 Å². The average Bonchev–Trinajstić information content (AvgIpc) is 3.18. The Balaban J connectivity index is 1.70. The van der Waals surface area contributed by atoms with Crippen molar-refractivity contribution in [1.82, 2.24) is 10.2 Å². The molecular weight excluding hydrogens is 378 g/mol. The maximum Gasteiger partial charge on any atom is 0.280 e. The van der Waals surface area contributed by atoms with Crippen LogP contribution in [0.5, 0.6) is 11.5 Å². The highest BCUT2D eigenvalue weighted by atomic mass is 16.7. The van der Waals surface area contributed by atoms with Crippen LogP contribution in [0.25, 0.3) is 6.08 Å². The minimum atomic E-state index is -0.538. The lowest BCUT2D eigenvalue weighted by molar-refractivity contribution is -0.385. The van der Waals surface area contributed by atoms with E-state index in [1.165, 1.54) is 29.2 Å². The number of fused-ring (bicyclic) bond motifs is 1. The van der Waals surface area contributed by atoms with Crippen LogP contribution in [0, 0.1) is 10.1 Å². The highest BCUT2D eigenvalue weighted by Crippen LogP contribution is 2.38. The molecule has 0 atom stereocenters. The molecule has 2 aromatic rings. The number of carbonyl (C=O) groups excluding carboxylic acids is 2. The molecule has 3 rings (SSSR count). The summed E-state index contributed by atoms with van der Waals surface area (Å²) in [5.74, 6) is 0.186. The van der Waals surface area contributed by atoms with Crippen LogP contribution in [0.3, 0.4) is 0 Å². The minimum absolute atomic E-state index is 0.0000289. The molecule has 0 aromatic heterocycles. The summed E-state index contributed by atoms with van der Waals surface area (Å²) in [4.78, 5) is 36.2. The van der Waals surface area contributed by atoms with Gasteiger partial charge in [0.05, 0.1) is 16.6 Å². The summed E-state index contributed by atoms with van der Waals surface area (Å²) in [6.07, 6.45) is 2.65. The van der Waals surface area contributed by atoms with Crippen molar-refractivity contribution >= 4 is 23.6 Å². The lowest BCUT2D eigenvalue weighted by Gasteiger charge is -2.15. The van der Waals surface area contributed by atoms with Gasteiger partial charge in [-0.15, -0.1) is 0 Å². The largest absolute Gasteiger partial charge is 0.454 e. The van der Waals surface area contributed by atoms with E-state index < -0.39 is 4.92 Å². The van der Waals surface area contributed by atoms with Gasteiger partial charge in [-0.05, 0) is 29.8 Å². The number of hydrogen-bond acceptors (Lipinski definition) is 6. The van der Waals surface area contributed by atoms with Crippen molar-refractivity contribution in [2.45, 2.75) is 6.54 Å². The third-order valence-electron chi connectivity index (χ3n) is 4.36. The molecule has 0 fully saturated rings. The number of likely N-dealkylation sites (N-methyl/N-ethyl adjacent to an activating group) is 1. The Hall–Kier alpha value is -3.88. The molecule has 1 heterocycles. The first-order valence-electron chi connectivity index (χ1n) is 8.71. The highest BCUT2D eigenvalue weighted by molar-refractivity contribution is 5.94. The van der Waals surface area contributed by atoms with Crippen molar-refractivity contribution in [2.24, 2.45) is 0 Å². The normalized spacial score (nSPS) is 12.1. The zero-order valence-electron chi connectivity index (χ0n) is 15.9. The molecule has 1 N–H and O–H groups in total. The van der Waals surface area contributed by atoms with E-state index >= 15 is 0 Å². The number of ether oxygens (including phenoxy) is 2. The smallest absolute Gasteiger partial charge is 0.280 e. The molecular formula is C20H19N3O6. The van der Waals surface area contributed by atoms with Gasteiger partial charge in [0.2, 0.25) is 12.7 Å². The van der Waals surface area contributed by atoms with E-state index in [1.54, 1.807) is 38.4 Å². The van der Waals surface area contributed by atoms with Crippen LogP contribution in [0.1, 0.15) is 21.5 Å². The Morgan fingerprint density at radius 1 is 1.21 bits per heavy atom. The molecule has 0 spiro atoms. The Kier molecular flexibility index (Phi) is 5.77. The van der Waals surface area contributed by atoms with E-state index in [9.17, 15) is 19.7 Å². The fourth-order valence-corrected chi connectivity index (χ4v) is 2.78. The first kappa shape index (κ1) is 19.9. The van der Waals surface area contributed by atoms with Gasteiger partial charge in [-0.2, -0.15) is 0 Å². The molecule has 9 nitrogen and oxygen atoms in total. The molecule has 0 unspecified atom stereocenters. The molecule has 1 aliphatic rings. The second-order valence-corrected chi connectivity index (χ2v) is 6.33. The van der Waals surface area contributed by atoms with Gasteiger partial charge in [0, 0.05) is 32.3 Å². The quantitative estimate of drug-likeness (QED) is 0.455. The molecule has 0 saturated carbocycles. The van der Waals surface area contributed by atoms with Gasteiger partial charge in [0.15, 0.2) is 11.5 Å². The van der Waals surface area contributed by atoms with Crippen molar-refractivity contribution in [3.8, 4) is 11.5 Å². The topological polar surface area (TPSA) is 111 Å². The van der Waals surface area contributed by atoms with E-state index in [1.807, 2.05) is 0 Å². The van der Waals surface area contributed by atoms with Gasteiger partial charge in [0.1, 0.15) is 0 Å². The van der Waals surface area contributed by atoms with Gasteiger partial charge in [0.25, 0.3) is 11.6 Å². The summed E-state index contributed by atoms with van der Waals surface area (Å²) < 4.78 is 10.4. The molecule has 150 valence electrons. The molecule has 0 radical (unpaired) electrons. The molecule has 0 bridgehead atoms. The second-order valence-electron chi connectivity index (χ2n) is 6.33. The Morgan fingerprint density at radius 2 is 1.86 bits per heavy atom. The fourth-order valence-electron chi connectivity index (χ4n) is 2.78. The summed E-state index contributed by atoms with van der Waals surface area (Å²) >= 11 is 0. The summed E-state index contributed by atoms with van der Waals surface area (Å²) in [6.45, 7) is 0.320.